The Kier molecular flexibility index (Phi) is 3.22. The summed E-state index contributed by atoms with van der Waals surface area (Å²) in [7, 11) is 0. The van der Waals surface area contributed by atoms with Gasteiger partial charge in [0.2, 0.25) is 5.88 Å². The normalized spacial score (nSPS) is 20.0. The lowest BCUT2D eigenvalue weighted by molar-refractivity contribution is 0.340. The molecule has 0 aromatic carbocycles. The molecule has 0 radical (unpaired) electrons. The fourth-order valence-electron chi connectivity index (χ4n) is 2.67. The van der Waals surface area contributed by atoms with Crippen LogP contribution in [0.4, 0.5) is 0 Å². The molecule has 17 heavy (non-hydrogen) atoms. The number of nitrogens with zero attached hydrogens (tertiary/aromatic N) is 2. The number of hydrogen-bond acceptors (Lipinski definition) is 4. The van der Waals surface area contributed by atoms with E-state index in [2.05, 4.69) is 21.6 Å². The Hall–Kier alpha value is -1.16. The number of aromatic nitrogens is 2. The predicted octanol–water partition coefficient (Wildman–Crippen LogP) is 1.83. The van der Waals surface area contributed by atoms with Crippen molar-refractivity contribution in [1.29, 1.82) is 0 Å². The van der Waals surface area contributed by atoms with Gasteiger partial charge in [-0.25, -0.2) is 0 Å². The molecule has 4 nitrogen and oxygen atoms in total. The lowest BCUT2D eigenvalue weighted by Crippen LogP contribution is -2.30. The minimum absolute atomic E-state index is 0.676. The highest BCUT2D eigenvalue weighted by atomic mass is 16.5. The Labute approximate surface area is 102 Å². The molecule has 1 saturated carbocycles. The first-order valence-corrected chi connectivity index (χ1v) is 6.63. The summed E-state index contributed by atoms with van der Waals surface area (Å²) < 4.78 is 5.35. The van der Waals surface area contributed by atoms with E-state index in [1.807, 2.05) is 0 Å². The molecule has 0 saturated heterocycles. The summed E-state index contributed by atoms with van der Waals surface area (Å²) in [5.74, 6) is 0.728. The molecule has 2 heterocycles. The Bertz CT molecular complexity index is 388. The fourth-order valence-corrected chi connectivity index (χ4v) is 2.67. The molecule has 1 aromatic heterocycles. The zero-order valence-corrected chi connectivity index (χ0v) is 10.1. The third-order valence-electron chi connectivity index (χ3n) is 3.67. The Morgan fingerprint density at radius 2 is 2.12 bits per heavy atom. The van der Waals surface area contributed by atoms with Crippen molar-refractivity contribution in [3.8, 4) is 5.88 Å². The summed E-state index contributed by atoms with van der Waals surface area (Å²) in [5.41, 5.74) is 2.25. The molecule has 1 aliphatic carbocycles. The molecule has 4 heteroatoms. The van der Waals surface area contributed by atoms with Crippen molar-refractivity contribution in [2.75, 3.05) is 6.61 Å². The average molecular weight is 233 g/mol. The van der Waals surface area contributed by atoms with E-state index in [0.717, 1.165) is 31.1 Å². The lowest BCUT2D eigenvalue weighted by atomic mass is 9.95. The van der Waals surface area contributed by atoms with Crippen LogP contribution in [0.2, 0.25) is 0 Å². The summed E-state index contributed by atoms with van der Waals surface area (Å²) in [6.45, 7) is 1.59. The molecule has 1 aliphatic heterocycles. The quantitative estimate of drug-likeness (QED) is 0.865. The number of hydrogen-bond donors (Lipinski definition) is 1. The number of nitrogens with one attached hydrogen (secondary N) is 1. The van der Waals surface area contributed by atoms with E-state index < -0.39 is 0 Å². The van der Waals surface area contributed by atoms with Gasteiger partial charge in [0.1, 0.15) is 0 Å². The van der Waals surface area contributed by atoms with Gasteiger partial charge in [-0.15, -0.1) is 5.10 Å². The van der Waals surface area contributed by atoms with Gasteiger partial charge in [-0.05, 0) is 18.9 Å². The van der Waals surface area contributed by atoms with Gasteiger partial charge in [0.05, 0.1) is 12.3 Å². The topological polar surface area (TPSA) is 47.0 Å². The lowest BCUT2D eigenvalue weighted by Gasteiger charge is -2.22. The molecule has 1 N–H and O–H groups in total. The molecule has 3 rings (SSSR count). The van der Waals surface area contributed by atoms with Crippen LogP contribution in [0.3, 0.4) is 0 Å². The fraction of sp³-hybridized carbons (Fsp3) is 0.692. The molecular weight excluding hydrogens is 214 g/mol. The second-order valence-electron chi connectivity index (χ2n) is 4.98. The first-order valence-electron chi connectivity index (χ1n) is 6.63. The molecule has 0 bridgehead atoms. The molecule has 0 amide bonds. The van der Waals surface area contributed by atoms with Crippen molar-refractivity contribution in [3.63, 3.8) is 0 Å². The van der Waals surface area contributed by atoms with Gasteiger partial charge in [0.25, 0.3) is 0 Å². The van der Waals surface area contributed by atoms with E-state index in [1.165, 1.54) is 37.7 Å². The Balaban J connectivity index is 1.57. The van der Waals surface area contributed by atoms with Gasteiger partial charge >= 0.3 is 0 Å². The molecule has 1 fully saturated rings. The van der Waals surface area contributed by atoms with Crippen molar-refractivity contribution < 1.29 is 4.74 Å². The summed E-state index contributed by atoms with van der Waals surface area (Å²) in [6, 6.07) is 2.81. The Morgan fingerprint density at radius 3 is 3.00 bits per heavy atom. The number of ether oxygens (including phenoxy) is 1. The third-order valence-corrected chi connectivity index (χ3v) is 3.67. The SMILES string of the molecule is c1c(CNC2CCCCC2)nnc2c1CCO2. The van der Waals surface area contributed by atoms with E-state index in [1.54, 1.807) is 0 Å². The molecular formula is C13H19N3O. The molecule has 1 aromatic rings. The van der Waals surface area contributed by atoms with Crippen LogP contribution in [0, 0.1) is 0 Å². The maximum atomic E-state index is 5.35. The van der Waals surface area contributed by atoms with Crippen LogP contribution in [0.1, 0.15) is 43.4 Å². The van der Waals surface area contributed by atoms with E-state index in [4.69, 9.17) is 4.74 Å². The monoisotopic (exact) mass is 233 g/mol. The molecule has 92 valence electrons. The number of fused-ring (bicyclic) bond motifs is 1. The predicted molar refractivity (Wildman–Crippen MR) is 64.9 cm³/mol. The van der Waals surface area contributed by atoms with E-state index in [9.17, 15) is 0 Å². The van der Waals surface area contributed by atoms with Crippen LogP contribution < -0.4 is 10.1 Å². The minimum atomic E-state index is 0.676. The first kappa shape index (κ1) is 11.0. The second-order valence-corrected chi connectivity index (χ2v) is 4.98. The largest absolute Gasteiger partial charge is 0.476 e. The van der Waals surface area contributed by atoms with Crippen LogP contribution >= 0.6 is 0 Å². The van der Waals surface area contributed by atoms with Gasteiger partial charge in [-0.1, -0.05) is 19.3 Å². The first-order chi connectivity index (χ1) is 8.42. The Morgan fingerprint density at radius 1 is 1.24 bits per heavy atom. The zero-order valence-electron chi connectivity index (χ0n) is 10.1. The van der Waals surface area contributed by atoms with E-state index >= 15 is 0 Å². The second kappa shape index (κ2) is 5.00. The van der Waals surface area contributed by atoms with Crippen LogP contribution in [0.5, 0.6) is 5.88 Å². The standard InChI is InChI=1S/C13H19N3O/c1-2-4-11(5-3-1)14-9-12-8-10-6-7-17-13(10)16-15-12/h8,11,14H,1-7,9H2. The van der Waals surface area contributed by atoms with Crippen LogP contribution in [0.15, 0.2) is 6.07 Å². The smallest absolute Gasteiger partial charge is 0.236 e. The van der Waals surface area contributed by atoms with Gasteiger partial charge in [0.15, 0.2) is 0 Å². The van der Waals surface area contributed by atoms with Crippen molar-refractivity contribution in [2.45, 2.75) is 51.1 Å². The molecule has 0 unspecified atom stereocenters. The molecule has 2 aliphatic rings. The highest BCUT2D eigenvalue weighted by Crippen LogP contribution is 2.22. The van der Waals surface area contributed by atoms with Gasteiger partial charge in [-0.2, -0.15) is 5.10 Å². The summed E-state index contributed by atoms with van der Waals surface area (Å²) in [4.78, 5) is 0. The number of rotatable bonds is 3. The van der Waals surface area contributed by atoms with E-state index in [-0.39, 0.29) is 0 Å². The molecule has 0 atom stereocenters. The van der Waals surface area contributed by atoms with E-state index in [0.29, 0.717) is 6.04 Å². The summed E-state index contributed by atoms with van der Waals surface area (Å²) in [6.07, 6.45) is 7.71. The average Bonchev–Trinajstić information content (AvgIpc) is 2.85. The van der Waals surface area contributed by atoms with Crippen molar-refractivity contribution in [2.24, 2.45) is 0 Å². The zero-order chi connectivity index (χ0) is 11.5. The summed E-state index contributed by atoms with van der Waals surface area (Å²) in [5, 5.41) is 11.9. The van der Waals surface area contributed by atoms with Crippen molar-refractivity contribution in [3.05, 3.63) is 17.3 Å². The van der Waals surface area contributed by atoms with Gasteiger partial charge < -0.3 is 10.1 Å². The van der Waals surface area contributed by atoms with Crippen LogP contribution in [-0.4, -0.2) is 22.8 Å². The summed E-state index contributed by atoms with van der Waals surface area (Å²) >= 11 is 0. The van der Waals surface area contributed by atoms with Crippen LogP contribution in [0.25, 0.3) is 0 Å². The van der Waals surface area contributed by atoms with Gasteiger partial charge in [0, 0.05) is 24.6 Å². The van der Waals surface area contributed by atoms with Crippen LogP contribution in [-0.2, 0) is 13.0 Å². The van der Waals surface area contributed by atoms with Gasteiger partial charge in [-0.3, -0.25) is 0 Å². The highest BCUT2D eigenvalue weighted by molar-refractivity contribution is 5.29. The van der Waals surface area contributed by atoms with Crippen molar-refractivity contribution in [1.82, 2.24) is 15.5 Å². The maximum absolute atomic E-state index is 5.35. The maximum Gasteiger partial charge on any atom is 0.236 e. The van der Waals surface area contributed by atoms with Crippen molar-refractivity contribution >= 4 is 0 Å². The third kappa shape index (κ3) is 2.57. The molecule has 0 spiro atoms. The highest BCUT2D eigenvalue weighted by Gasteiger charge is 2.16. The minimum Gasteiger partial charge on any atom is -0.476 e.